The van der Waals surface area contributed by atoms with Crippen molar-refractivity contribution in [3.05, 3.63) is 16.3 Å². The summed E-state index contributed by atoms with van der Waals surface area (Å²) in [4.78, 5) is 25.9. The Morgan fingerprint density at radius 2 is 2.14 bits per heavy atom. The van der Waals surface area contributed by atoms with Crippen molar-refractivity contribution in [1.29, 1.82) is 0 Å². The standard InChI is InChI=1S/C21H32N4O3S/c1-5-6-10-25-11-8-7-9-15(25)12-22-19(26)18-14(2)17-20(28-4)23-16(13-27-3)24-21(17)29-18/h15H,5-13H2,1-4H3,(H,22,26). The molecule has 7 nitrogen and oxygen atoms in total. The molecule has 1 aliphatic rings. The molecule has 1 N–H and O–H groups in total. The maximum Gasteiger partial charge on any atom is 0.261 e. The molecule has 0 aliphatic carbocycles. The minimum atomic E-state index is -0.0399. The van der Waals surface area contributed by atoms with Gasteiger partial charge >= 0.3 is 0 Å². The van der Waals surface area contributed by atoms with Crippen LogP contribution in [0.15, 0.2) is 0 Å². The number of likely N-dealkylation sites (tertiary alicyclic amines) is 1. The van der Waals surface area contributed by atoms with Crippen LogP contribution < -0.4 is 10.1 Å². The molecule has 1 amide bonds. The second-order valence-electron chi connectivity index (χ2n) is 7.57. The molecule has 3 heterocycles. The largest absolute Gasteiger partial charge is 0.480 e. The van der Waals surface area contributed by atoms with Gasteiger partial charge in [-0.25, -0.2) is 4.98 Å². The maximum atomic E-state index is 13.0. The van der Waals surface area contributed by atoms with Gasteiger partial charge in [0.15, 0.2) is 5.82 Å². The third-order valence-corrected chi connectivity index (χ3v) is 6.71. The van der Waals surface area contributed by atoms with Gasteiger partial charge in [-0.2, -0.15) is 4.98 Å². The highest BCUT2D eigenvalue weighted by atomic mass is 32.1. The van der Waals surface area contributed by atoms with Crippen LogP contribution in [0, 0.1) is 6.92 Å². The lowest BCUT2D eigenvalue weighted by atomic mass is 10.0. The number of nitrogens with zero attached hydrogens (tertiary/aromatic N) is 3. The van der Waals surface area contributed by atoms with Crippen LogP contribution in [-0.4, -0.2) is 60.7 Å². The van der Waals surface area contributed by atoms with Gasteiger partial charge in [-0.3, -0.25) is 9.69 Å². The zero-order chi connectivity index (χ0) is 20.8. The number of hydrogen-bond acceptors (Lipinski definition) is 7. The molecule has 160 valence electrons. The molecule has 1 saturated heterocycles. The molecule has 2 aromatic rings. The predicted octanol–water partition coefficient (Wildman–Crippen LogP) is 3.54. The highest BCUT2D eigenvalue weighted by Crippen LogP contribution is 2.35. The third-order valence-electron chi connectivity index (χ3n) is 5.52. The van der Waals surface area contributed by atoms with Crippen LogP contribution in [0.1, 0.15) is 60.1 Å². The number of hydrogen-bond donors (Lipinski definition) is 1. The maximum absolute atomic E-state index is 13.0. The predicted molar refractivity (Wildman–Crippen MR) is 116 cm³/mol. The fourth-order valence-corrected chi connectivity index (χ4v) is 5.05. The SMILES string of the molecule is CCCCN1CCCCC1CNC(=O)c1sc2nc(COC)nc(OC)c2c1C. The first-order chi connectivity index (χ1) is 14.1. The summed E-state index contributed by atoms with van der Waals surface area (Å²) in [6.07, 6.45) is 6.05. The number of ether oxygens (including phenoxy) is 2. The van der Waals surface area contributed by atoms with Gasteiger partial charge in [0.1, 0.15) is 11.4 Å². The molecule has 1 unspecified atom stereocenters. The van der Waals surface area contributed by atoms with E-state index in [-0.39, 0.29) is 5.91 Å². The number of fused-ring (bicyclic) bond motifs is 1. The minimum Gasteiger partial charge on any atom is -0.480 e. The van der Waals surface area contributed by atoms with Crippen molar-refractivity contribution >= 4 is 27.5 Å². The minimum absolute atomic E-state index is 0.0399. The van der Waals surface area contributed by atoms with Gasteiger partial charge in [0.2, 0.25) is 5.88 Å². The van der Waals surface area contributed by atoms with Crippen molar-refractivity contribution in [2.45, 2.75) is 58.6 Å². The average molecular weight is 421 g/mol. The zero-order valence-corrected chi connectivity index (χ0v) is 18.7. The number of aromatic nitrogens is 2. The van der Waals surface area contributed by atoms with Gasteiger partial charge in [0.25, 0.3) is 5.91 Å². The fourth-order valence-electron chi connectivity index (χ4n) is 3.94. The molecule has 2 aromatic heterocycles. The summed E-state index contributed by atoms with van der Waals surface area (Å²) in [5.41, 5.74) is 0.870. The molecule has 0 spiro atoms. The first-order valence-electron chi connectivity index (χ1n) is 10.4. The molecule has 0 bridgehead atoms. The molecule has 0 aromatic carbocycles. The van der Waals surface area contributed by atoms with Gasteiger partial charge in [-0.1, -0.05) is 19.8 Å². The normalized spacial score (nSPS) is 17.6. The Bertz CT molecular complexity index is 839. The molecule has 29 heavy (non-hydrogen) atoms. The number of aryl methyl sites for hydroxylation is 1. The van der Waals surface area contributed by atoms with Crippen LogP contribution in [0.25, 0.3) is 10.2 Å². The van der Waals surface area contributed by atoms with Crippen molar-refractivity contribution in [2.24, 2.45) is 0 Å². The summed E-state index contributed by atoms with van der Waals surface area (Å²) in [6, 6.07) is 0.427. The Balaban J connectivity index is 1.75. The topological polar surface area (TPSA) is 76.6 Å². The Hall–Kier alpha value is -1.77. The van der Waals surface area contributed by atoms with Crippen molar-refractivity contribution in [1.82, 2.24) is 20.2 Å². The number of unbranched alkanes of at least 4 members (excludes halogenated alkanes) is 1. The van der Waals surface area contributed by atoms with E-state index in [0.29, 0.717) is 35.8 Å². The Labute approximate surface area is 176 Å². The van der Waals surface area contributed by atoms with E-state index in [1.807, 2.05) is 6.92 Å². The van der Waals surface area contributed by atoms with Gasteiger partial charge in [-0.05, 0) is 44.8 Å². The average Bonchev–Trinajstić information content (AvgIpc) is 3.07. The molecule has 1 fully saturated rings. The Morgan fingerprint density at radius 1 is 1.31 bits per heavy atom. The number of rotatable bonds is 9. The number of thiophene rings is 1. The van der Waals surface area contributed by atoms with E-state index in [1.165, 1.54) is 37.0 Å². The van der Waals surface area contributed by atoms with Gasteiger partial charge in [0, 0.05) is 19.7 Å². The van der Waals surface area contributed by atoms with Crippen LogP contribution in [-0.2, 0) is 11.3 Å². The zero-order valence-electron chi connectivity index (χ0n) is 17.9. The van der Waals surface area contributed by atoms with Crippen LogP contribution in [0.2, 0.25) is 0 Å². The third kappa shape index (κ3) is 5.05. The molecular formula is C21H32N4O3S. The monoisotopic (exact) mass is 420 g/mol. The smallest absolute Gasteiger partial charge is 0.261 e. The fraction of sp³-hybridized carbons (Fsp3) is 0.667. The highest BCUT2D eigenvalue weighted by molar-refractivity contribution is 7.20. The number of carbonyl (C=O) groups excluding carboxylic acids is 1. The molecule has 1 aliphatic heterocycles. The second-order valence-corrected chi connectivity index (χ2v) is 8.57. The first-order valence-corrected chi connectivity index (χ1v) is 11.3. The van der Waals surface area contributed by atoms with E-state index in [9.17, 15) is 4.79 Å². The molecule has 3 rings (SSSR count). The van der Waals surface area contributed by atoms with Gasteiger partial charge in [-0.15, -0.1) is 11.3 Å². The Kier molecular flexibility index (Phi) is 7.80. The van der Waals surface area contributed by atoms with Crippen LogP contribution >= 0.6 is 11.3 Å². The first kappa shape index (κ1) is 21.9. The Morgan fingerprint density at radius 3 is 2.86 bits per heavy atom. The lowest BCUT2D eigenvalue weighted by molar-refractivity contribution is 0.0916. The van der Waals surface area contributed by atoms with Crippen molar-refractivity contribution in [2.75, 3.05) is 33.9 Å². The van der Waals surface area contributed by atoms with E-state index >= 15 is 0 Å². The number of carbonyl (C=O) groups is 1. The summed E-state index contributed by atoms with van der Waals surface area (Å²) >= 11 is 1.39. The second kappa shape index (κ2) is 10.3. The van der Waals surface area contributed by atoms with E-state index in [1.54, 1.807) is 14.2 Å². The number of methoxy groups -OCH3 is 2. The van der Waals surface area contributed by atoms with Crippen LogP contribution in [0.5, 0.6) is 5.88 Å². The summed E-state index contributed by atoms with van der Waals surface area (Å²) in [6.45, 7) is 7.41. The molecular weight excluding hydrogens is 388 g/mol. The van der Waals surface area contributed by atoms with Gasteiger partial charge < -0.3 is 14.8 Å². The van der Waals surface area contributed by atoms with Crippen molar-refractivity contribution < 1.29 is 14.3 Å². The summed E-state index contributed by atoms with van der Waals surface area (Å²) < 4.78 is 10.6. The van der Waals surface area contributed by atoms with Crippen molar-refractivity contribution in [3.63, 3.8) is 0 Å². The van der Waals surface area contributed by atoms with Crippen LogP contribution in [0.3, 0.4) is 0 Å². The van der Waals surface area contributed by atoms with E-state index in [4.69, 9.17) is 9.47 Å². The number of amides is 1. The molecule has 0 saturated carbocycles. The lowest BCUT2D eigenvalue weighted by Gasteiger charge is -2.35. The number of nitrogens with one attached hydrogen (secondary N) is 1. The lowest BCUT2D eigenvalue weighted by Crippen LogP contribution is -2.46. The quantitative estimate of drug-likeness (QED) is 0.669. The van der Waals surface area contributed by atoms with Crippen LogP contribution in [0.4, 0.5) is 0 Å². The molecule has 0 radical (unpaired) electrons. The summed E-state index contributed by atoms with van der Waals surface area (Å²) in [7, 11) is 3.19. The summed E-state index contributed by atoms with van der Waals surface area (Å²) in [5, 5.41) is 3.98. The molecule has 8 heteroatoms. The summed E-state index contributed by atoms with van der Waals surface area (Å²) in [5.74, 6) is 1.01. The van der Waals surface area contributed by atoms with E-state index in [2.05, 4.69) is 27.1 Å². The highest BCUT2D eigenvalue weighted by Gasteiger charge is 2.25. The molecule has 1 atom stereocenters. The van der Waals surface area contributed by atoms with Gasteiger partial charge in [0.05, 0.1) is 17.4 Å². The number of piperidine rings is 1. The van der Waals surface area contributed by atoms with E-state index < -0.39 is 0 Å². The van der Waals surface area contributed by atoms with E-state index in [0.717, 1.165) is 35.3 Å². The van der Waals surface area contributed by atoms with Crippen molar-refractivity contribution in [3.8, 4) is 5.88 Å².